The molecule has 2 aromatic carbocycles. The molecule has 1 atom stereocenters. The number of hydrogen-bond donors (Lipinski definition) is 1. The van der Waals surface area contributed by atoms with Crippen LogP contribution in [0.2, 0.25) is 0 Å². The van der Waals surface area contributed by atoms with Crippen LogP contribution < -0.4 is 0 Å². The van der Waals surface area contributed by atoms with E-state index in [0.29, 0.717) is 13.1 Å². The van der Waals surface area contributed by atoms with Gasteiger partial charge in [-0.2, -0.15) is 0 Å². The highest BCUT2D eigenvalue weighted by Gasteiger charge is 2.28. The lowest BCUT2D eigenvalue weighted by atomic mass is 10.0. The fourth-order valence-electron chi connectivity index (χ4n) is 2.32. The SMILES string of the molecule is CC(C)(O)[C@H](F)CN(Cc1ccccc1)Cc1ccccc1. The van der Waals surface area contributed by atoms with Gasteiger partial charge in [-0.25, -0.2) is 4.39 Å². The fraction of sp³-hybridized carbons (Fsp3) is 0.368. The Hall–Kier alpha value is -1.71. The molecular weight excluding hydrogens is 277 g/mol. The predicted molar refractivity (Wildman–Crippen MR) is 88.2 cm³/mol. The minimum atomic E-state index is -1.33. The van der Waals surface area contributed by atoms with Gasteiger partial charge in [-0.05, 0) is 25.0 Å². The molecule has 2 nitrogen and oxygen atoms in total. The summed E-state index contributed by atoms with van der Waals surface area (Å²) in [5.74, 6) is 0. The van der Waals surface area contributed by atoms with Crippen molar-refractivity contribution in [2.45, 2.75) is 38.7 Å². The topological polar surface area (TPSA) is 23.5 Å². The first-order valence-electron chi connectivity index (χ1n) is 7.62. The highest BCUT2D eigenvalue weighted by molar-refractivity contribution is 5.17. The number of alkyl halides is 1. The number of nitrogens with zero attached hydrogens (tertiary/aromatic N) is 1. The van der Waals surface area contributed by atoms with Crippen LogP contribution in [0.15, 0.2) is 60.7 Å². The van der Waals surface area contributed by atoms with Gasteiger partial charge in [-0.3, -0.25) is 4.90 Å². The van der Waals surface area contributed by atoms with Crippen LogP contribution in [0, 0.1) is 0 Å². The van der Waals surface area contributed by atoms with Crippen molar-refractivity contribution in [3.63, 3.8) is 0 Å². The lowest BCUT2D eigenvalue weighted by molar-refractivity contribution is -0.0207. The van der Waals surface area contributed by atoms with E-state index in [9.17, 15) is 9.50 Å². The van der Waals surface area contributed by atoms with E-state index in [-0.39, 0.29) is 6.54 Å². The summed E-state index contributed by atoms with van der Waals surface area (Å²) >= 11 is 0. The molecule has 0 spiro atoms. The van der Waals surface area contributed by atoms with Crippen LogP contribution in [0.5, 0.6) is 0 Å². The molecule has 0 amide bonds. The summed E-state index contributed by atoms with van der Waals surface area (Å²) in [4.78, 5) is 2.04. The standard InChI is InChI=1S/C19H24FNO/c1-19(2,22)18(20)15-21(13-16-9-5-3-6-10-16)14-17-11-7-4-8-12-17/h3-12,18,22H,13-15H2,1-2H3/t18-/m1/s1. The minimum Gasteiger partial charge on any atom is -0.387 e. The Morgan fingerprint density at radius 2 is 1.32 bits per heavy atom. The quantitative estimate of drug-likeness (QED) is 0.841. The molecule has 22 heavy (non-hydrogen) atoms. The normalized spacial score (nSPS) is 13.3. The highest BCUT2D eigenvalue weighted by atomic mass is 19.1. The fourth-order valence-corrected chi connectivity index (χ4v) is 2.32. The van der Waals surface area contributed by atoms with Gasteiger partial charge >= 0.3 is 0 Å². The molecule has 0 aliphatic heterocycles. The molecule has 118 valence electrons. The molecule has 2 aromatic rings. The number of hydrogen-bond acceptors (Lipinski definition) is 2. The van der Waals surface area contributed by atoms with Crippen LogP contribution in [0.3, 0.4) is 0 Å². The van der Waals surface area contributed by atoms with Crippen LogP contribution in [0.25, 0.3) is 0 Å². The van der Waals surface area contributed by atoms with Crippen molar-refractivity contribution in [1.29, 1.82) is 0 Å². The lowest BCUT2D eigenvalue weighted by Crippen LogP contribution is -2.41. The Labute approximate surface area is 132 Å². The van der Waals surface area contributed by atoms with Crippen molar-refractivity contribution < 1.29 is 9.50 Å². The zero-order valence-corrected chi connectivity index (χ0v) is 13.2. The second-order valence-corrected chi connectivity index (χ2v) is 6.26. The largest absolute Gasteiger partial charge is 0.387 e. The molecule has 0 saturated heterocycles. The van der Waals surface area contributed by atoms with Gasteiger partial charge in [-0.1, -0.05) is 60.7 Å². The Morgan fingerprint density at radius 3 is 1.68 bits per heavy atom. The molecule has 1 N–H and O–H groups in total. The van der Waals surface area contributed by atoms with Crippen molar-refractivity contribution in [3.05, 3.63) is 71.8 Å². The second kappa shape index (κ2) is 7.52. The van der Waals surface area contributed by atoms with Crippen LogP contribution in [-0.4, -0.2) is 28.3 Å². The van der Waals surface area contributed by atoms with E-state index >= 15 is 0 Å². The maximum Gasteiger partial charge on any atom is 0.141 e. The minimum absolute atomic E-state index is 0.202. The first-order valence-corrected chi connectivity index (χ1v) is 7.62. The van der Waals surface area contributed by atoms with Crippen LogP contribution in [-0.2, 0) is 13.1 Å². The van der Waals surface area contributed by atoms with E-state index in [1.807, 2.05) is 65.6 Å². The summed E-state index contributed by atoms with van der Waals surface area (Å²) in [6, 6.07) is 20.0. The molecule has 3 heteroatoms. The smallest absolute Gasteiger partial charge is 0.141 e. The Balaban J connectivity index is 2.09. The molecule has 0 saturated carbocycles. The molecule has 0 unspecified atom stereocenters. The average molecular weight is 301 g/mol. The third-order valence-electron chi connectivity index (χ3n) is 3.68. The van der Waals surface area contributed by atoms with E-state index in [1.165, 1.54) is 13.8 Å². The summed E-state index contributed by atoms with van der Waals surface area (Å²) in [5.41, 5.74) is 0.953. The van der Waals surface area contributed by atoms with Crippen molar-refractivity contribution in [2.24, 2.45) is 0 Å². The monoisotopic (exact) mass is 301 g/mol. The van der Waals surface area contributed by atoms with Gasteiger partial charge in [0, 0.05) is 19.6 Å². The predicted octanol–water partition coefficient (Wildman–Crippen LogP) is 3.80. The van der Waals surface area contributed by atoms with Gasteiger partial charge in [0.2, 0.25) is 0 Å². The number of rotatable bonds is 7. The summed E-state index contributed by atoms with van der Waals surface area (Å²) in [5, 5.41) is 9.87. The van der Waals surface area contributed by atoms with E-state index < -0.39 is 11.8 Å². The Kier molecular flexibility index (Phi) is 5.69. The van der Waals surface area contributed by atoms with Gasteiger partial charge in [0.15, 0.2) is 0 Å². The first kappa shape index (κ1) is 16.7. The van der Waals surface area contributed by atoms with Crippen molar-refractivity contribution in [3.8, 4) is 0 Å². The van der Waals surface area contributed by atoms with Gasteiger partial charge in [0.05, 0.1) is 5.60 Å². The summed E-state index contributed by atoms with van der Waals surface area (Å²) in [7, 11) is 0. The highest BCUT2D eigenvalue weighted by Crippen LogP contribution is 2.17. The van der Waals surface area contributed by atoms with Gasteiger partial charge in [-0.15, -0.1) is 0 Å². The molecule has 0 radical (unpaired) electrons. The number of aliphatic hydroxyl groups is 1. The number of benzene rings is 2. The third-order valence-corrected chi connectivity index (χ3v) is 3.68. The first-order chi connectivity index (χ1) is 10.4. The Bertz CT molecular complexity index is 509. The second-order valence-electron chi connectivity index (χ2n) is 6.26. The number of halogens is 1. The van der Waals surface area contributed by atoms with Crippen LogP contribution in [0.1, 0.15) is 25.0 Å². The third kappa shape index (κ3) is 5.24. The lowest BCUT2D eigenvalue weighted by Gasteiger charge is -2.29. The van der Waals surface area contributed by atoms with Crippen LogP contribution in [0.4, 0.5) is 4.39 Å². The molecule has 0 fully saturated rings. The van der Waals surface area contributed by atoms with Crippen molar-refractivity contribution >= 4 is 0 Å². The molecular formula is C19H24FNO. The van der Waals surface area contributed by atoms with Gasteiger partial charge in [0.25, 0.3) is 0 Å². The van der Waals surface area contributed by atoms with E-state index in [1.54, 1.807) is 0 Å². The molecule has 0 aliphatic carbocycles. The average Bonchev–Trinajstić information content (AvgIpc) is 2.48. The van der Waals surface area contributed by atoms with Gasteiger partial charge in [0.1, 0.15) is 6.17 Å². The maximum absolute atomic E-state index is 14.3. The molecule has 0 heterocycles. The van der Waals surface area contributed by atoms with E-state index in [4.69, 9.17) is 0 Å². The zero-order valence-electron chi connectivity index (χ0n) is 13.2. The van der Waals surface area contributed by atoms with E-state index in [0.717, 1.165) is 11.1 Å². The molecule has 2 rings (SSSR count). The summed E-state index contributed by atoms with van der Waals surface area (Å²) in [6.07, 6.45) is -1.29. The summed E-state index contributed by atoms with van der Waals surface area (Å²) in [6.45, 7) is 4.55. The van der Waals surface area contributed by atoms with Crippen molar-refractivity contribution in [1.82, 2.24) is 4.90 Å². The molecule has 0 bridgehead atoms. The van der Waals surface area contributed by atoms with Crippen molar-refractivity contribution in [2.75, 3.05) is 6.54 Å². The zero-order chi connectivity index (χ0) is 16.0. The van der Waals surface area contributed by atoms with Gasteiger partial charge < -0.3 is 5.11 Å². The van der Waals surface area contributed by atoms with E-state index in [2.05, 4.69) is 0 Å². The Morgan fingerprint density at radius 1 is 0.909 bits per heavy atom. The maximum atomic E-state index is 14.3. The molecule has 0 aromatic heterocycles. The summed E-state index contributed by atoms with van der Waals surface area (Å²) < 4.78 is 14.3. The molecule has 0 aliphatic rings. The van der Waals surface area contributed by atoms with Crippen LogP contribution >= 0.6 is 0 Å².